The number of rotatable bonds is 7. The van der Waals surface area contributed by atoms with E-state index in [0.717, 1.165) is 11.1 Å². The maximum atomic E-state index is 13.3. The zero-order valence-electron chi connectivity index (χ0n) is 15.9. The first-order chi connectivity index (χ1) is 12.6. The van der Waals surface area contributed by atoms with Crippen molar-refractivity contribution in [2.24, 2.45) is 0 Å². The molecule has 0 amide bonds. The topological polar surface area (TPSA) is 61.8 Å². The lowest BCUT2D eigenvalue weighted by atomic mass is 10.1. The van der Waals surface area contributed by atoms with Gasteiger partial charge >= 0.3 is 13.6 Å². The molecule has 0 aromatic heterocycles. The van der Waals surface area contributed by atoms with E-state index >= 15 is 0 Å². The van der Waals surface area contributed by atoms with E-state index in [4.69, 9.17) is 20.2 Å². The van der Waals surface area contributed by atoms with E-state index < -0.39 is 25.3 Å². The van der Waals surface area contributed by atoms with Crippen molar-refractivity contribution in [3.05, 3.63) is 59.7 Å². The van der Waals surface area contributed by atoms with E-state index in [9.17, 15) is 9.36 Å². The minimum Gasteiger partial charge on any atom is -0.446 e. The monoisotopic (exact) mass is 386 g/mol. The molecule has 5 nitrogen and oxygen atoms in total. The van der Waals surface area contributed by atoms with Crippen molar-refractivity contribution in [3.63, 3.8) is 0 Å². The standard InChI is InChI=1S/C21H23O5P/c1-6-21(4,5)24-20(22)15-27(23,25-18-11-7-16(2)8-12-18)26-19-13-9-17(3)10-14-19/h1,7-14H,15H2,2-5H3. The van der Waals surface area contributed by atoms with Crippen LogP contribution in [0.25, 0.3) is 0 Å². The number of terminal acetylenes is 1. The Labute approximate surface area is 160 Å². The van der Waals surface area contributed by atoms with Gasteiger partial charge in [-0.05, 0) is 52.0 Å². The summed E-state index contributed by atoms with van der Waals surface area (Å²) in [5.41, 5.74) is 0.925. The smallest absolute Gasteiger partial charge is 0.441 e. The number of esters is 1. The van der Waals surface area contributed by atoms with Crippen LogP contribution in [0.2, 0.25) is 0 Å². The molecule has 0 aliphatic heterocycles. The van der Waals surface area contributed by atoms with Crippen LogP contribution in [0, 0.1) is 26.2 Å². The first-order valence-electron chi connectivity index (χ1n) is 8.42. The highest BCUT2D eigenvalue weighted by Crippen LogP contribution is 2.48. The van der Waals surface area contributed by atoms with Crippen molar-refractivity contribution in [2.75, 3.05) is 6.16 Å². The minimum absolute atomic E-state index is 0.333. The van der Waals surface area contributed by atoms with E-state index in [0.29, 0.717) is 11.5 Å². The van der Waals surface area contributed by atoms with Crippen LogP contribution in [-0.2, 0) is 14.1 Å². The lowest BCUT2D eigenvalue weighted by Gasteiger charge is -2.22. The van der Waals surface area contributed by atoms with Crippen LogP contribution in [0.4, 0.5) is 0 Å². The zero-order valence-corrected chi connectivity index (χ0v) is 16.8. The lowest BCUT2D eigenvalue weighted by molar-refractivity contribution is -0.148. The van der Waals surface area contributed by atoms with E-state index in [-0.39, 0.29) is 0 Å². The second kappa shape index (κ2) is 8.33. The van der Waals surface area contributed by atoms with Crippen molar-refractivity contribution in [2.45, 2.75) is 33.3 Å². The van der Waals surface area contributed by atoms with Gasteiger partial charge in [0.1, 0.15) is 11.5 Å². The molecule has 0 bridgehead atoms. The molecule has 0 aliphatic rings. The molecule has 2 rings (SSSR count). The van der Waals surface area contributed by atoms with Crippen molar-refractivity contribution in [3.8, 4) is 23.8 Å². The number of aryl methyl sites for hydroxylation is 2. The molecule has 27 heavy (non-hydrogen) atoms. The van der Waals surface area contributed by atoms with Gasteiger partial charge in [-0.3, -0.25) is 4.79 Å². The number of hydrogen-bond donors (Lipinski definition) is 0. The molecule has 2 aromatic rings. The minimum atomic E-state index is -3.89. The van der Waals surface area contributed by atoms with E-state index in [1.165, 1.54) is 0 Å². The third-order valence-corrected chi connectivity index (χ3v) is 5.19. The highest BCUT2D eigenvalue weighted by Gasteiger charge is 2.35. The average molecular weight is 386 g/mol. The molecule has 0 atom stereocenters. The predicted molar refractivity (Wildman–Crippen MR) is 105 cm³/mol. The summed E-state index contributed by atoms with van der Waals surface area (Å²) in [6.07, 6.45) is 4.77. The van der Waals surface area contributed by atoms with Crippen LogP contribution in [0.3, 0.4) is 0 Å². The summed E-state index contributed by atoms with van der Waals surface area (Å²) in [7, 11) is -3.89. The molecule has 0 aliphatic carbocycles. The van der Waals surface area contributed by atoms with Crippen LogP contribution in [-0.4, -0.2) is 17.7 Å². The summed E-state index contributed by atoms with van der Waals surface area (Å²) in [5.74, 6) is 2.26. The second-order valence-electron chi connectivity index (χ2n) is 6.71. The van der Waals surface area contributed by atoms with Gasteiger partial charge in [0, 0.05) is 0 Å². The molecule has 0 unspecified atom stereocenters. The Morgan fingerprint density at radius 1 is 0.963 bits per heavy atom. The summed E-state index contributed by atoms with van der Waals surface area (Å²) in [6.45, 7) is 6.98. The number of carbonyl (C=O) groups is 1. The normalized spacial score (nSPS) is 11.4. The van der Waals surface area contributed by atoms with Crippen LogP contribution < -0.4 is 9.05 Å². The summed E-state index contributed by atoms with van der Waals surface area (Å²) in [6, 6.07) is 13.9. The van der Waals surface area contributed by atoms with Crippen LogP contribution in [0.1, 0.15) is 25.0 Å². The van der Waals surface area contributed by atoms with E-state index in [1.807, 2.05) is 38.1 Å². The Bertz CT molecular complexity index is 825. The molecule has 6 heteroatoms. The van der Waals surface area contributed by atoms with Gasteiger partial charge in [-0.2, -0.15) is 0 Å². The molecule has 2 aromatic carbocycles. The van der Waals surface area contributed by atoms with E-state index in [2.05, 4.69) is 5.92 Å². The zero-order chi connectivity index (χ0) is 20.1. The third-order valence-electron chi connectivity index (χ3n) is 3.57. The first kappa shape index (κ1) is 20.6. The van der Waals surface area contributed by atoms with Gasteiger partial charge < -0.3 is 13.8 Å². The molecular formula is C21H23O5P. The highest BCUT2D eigenvalue weighted by molar-refractivity contribution is 7.55. The Hall–Kier alpha value is -2.70. The van der Waals surface area contributed by atoms with Crippen molar-refractivity contribution in [1.29, 1.82) is 0 Å². The maximum Gasteiger partial charge on any atom is 0.441 e. The SMILES string of the molecule is C#CC(C)(C)OC(=O)CP(=O)(Oc1ccc(C)cc1)Oc1ccc(C)cc1. The van der Waals surface area contributed by atoms with E-state index in [1.54, 1.807) is 38.1 Å². The fourth-order valence-electron chi connectivity index (χ4n) is 2.11. The van der Waals surface area contributed by atoms with Crippen molar-refractivity contribution >= 4 is 13.6 Å². The largest absolute Gasteiger partial charge is 0.446 e. The molecule has 0 heterocycles. The molecule has 142 valence electrons. The summed E-state index contributed by atoms with van der Waals surface area (Å²) < 4.78 is 29.7. The lowest BCUT2D eigenvalue weighted by Crippen LogP contribution is -2.28. The molecule has 0 saturated heterocycles. The maximum absolute atomic E-state index is 13.3. The first-order valence-corrected chi connectivity index (χ1v) is 10.1. The fourth-order valence-corrected chi connectivity index (χ4v) is 3.54. The number of ether oxygens (including phenoxy) is 1. The van der Waals surface area contributed by atoms with Crippen molar-refractivity contribution in [1.82, 2.24) is 0 Å². The molecule has 0 N–H and O–H groups in total. The quantitative estimate of drug-likeness (QED) is 0.384. The number of benzene rings is 2. The van der Waals surface area contributed by atoms with Gasteiger partial charge in [-0.1, -0.05) is 41.3 Å². The molecule has 0 fully saturated rings. The van der Waals surface area contributed by atoms with Gasteiger partial charge in [-0.25, -0.2) is 4.57 Å². The molecule has 0 saturated carbocycles. The summed E-state index contributed by atoms with van der Waals surface area (Å²) in [5, 5.41) is 0. The Kier molecular flexibility index (Phi) is 6.36. The Balaban J connectivity index is 2.25. The predicted octanol–water partition coefficient (Wildman–Crippen LogP) is 4.91. The average Bonchev–Trinajstić information content (AvgIpc) is 2.58. The molecule has 0 spiro atoms. The van der Waals surface area contributed by atoms with Crippen LogP contribution >= 0.6 is 7.60 Å². The van der Waals surface area contributed by atoms with Gasteiger partial charge in [-0.15, -0.1) is 6.42 Å². The molecular weight excluding hydrogens is 363 g/mol. The number of carbonyl (C=O) groups excluding carboxylic acids is 1. The third kappa shape index (κ3) is 6.51. The Morgan fingerprint density at radius 2 is 1.37 bits per heavy atom. The van der Waals surface area contributed by atoms with Gasteiger partial charge in [0.2, 0.25) is 0 Å². The number of hydrogen-bond acceptors (Lipinski definition) is 5. The van der Waals surface area contributed by atoms with Crippen LogP contribution in [0.15, 0.2) is 48.5 Å². The summed E-state index contributed by atoms with van der Waals surface area (Å²) >= 11 is 0. The summed E-state index contributed by atoms with van der Waals surface area (Å²) in [4.78, 5) is 12.3. The Morgan fingerprint density at radius 3 is 1.74 bits per heavy atom. The van der Waals surface area contributed by atoms with Crippen LogP contribution in [0.5, 0.6) is 11.5 Å². The van der Waals surface area contributed by atoms with Gasteiger partial charge in [0.15, 0.2) is 11.8 Å². The van der Waals surface area contributed by atoms with Gasteiger partial charge in [0.25, 0.3) is 0 Å². The van der Waals surface area contributed by atoms with Crippen molar-refractivity contribution < 1.29 is 23.1 Å². The van der Waals surface area contributed by atoms with Gasteiger partial charge in [0.05, 0.1) is 0 Å². The molecule has 0 radical (unpaired) electrons. The highest BCUT2D eigenvalue weighted by atomic mass is 31.2. The fraction of sp³-hybridized carbons (Fsp3) is 0.286. The second-order valence-corrected chi connectivity index (χ2v) is 8.61.